The monoisotopic (exact) mass is 404 g/mol. The minimum Gasteiger partial charge on any atom is -0.534 e. The molecule has 0 saturated carbocycles. The zero-order chi connectivity index (χ0) is 21.3. The summed E-state index contributed by atoms with van der Waals surface area (Å²) in [6.07, 6.45) is 0. The zero-order valence-corrected chi connectivity index (χ0v) is 19.4. The molecule has 2 nitrogen and oxygen atoms in total. The second kappa shape index (κ2) is 7.72. The Morgan fingerprint density at radius 3 is 1.59 bits per heavy atom. The summed E-state index contributed by atoms with van der Waals surface area (Å²) in [5, 5.41) is 12.8. The predicted octanol–water partition coefficient (Wildman–Crippen LogP) is 5.63. The van der Waals surface area contributed by atoms with E-state index < -0.39 is 8.32 Å². The number of aromatic hydroxyl groups is 1. The van der Waals surface area contributed by atoms with E-state index >= 15 is 0 Å². The molecule has 29 heavy (non-hydrogen) atoms. The smallest absolute Gasteiger partial charge is 0.319 e. The molecule has 3 rings (SSSR count). The van der Waals surface area contributed by atoms with Gasteiger partial charge in [-0.2, -0.15) is 0 Å². The van der Waals surface area contributed by atoms with E-state index in [0.29, 0.717) is 5.75 Å². The third kappa shape index (κ3) is 4.11. The third-order valence-electron chi connectivity index (χ3n) is 5.46. The van der Waals surface area contributed by atoms with E-state index in [1.807, 2.05) is 12.1 Å². The maximum Gasteiger partial charge on any atom is 0.319 e. The lowest BCUT2D eigenvalue weighted by atomic mass is 9.86. The van der Waals surface area contributed by atoms with Crippen molar-refractivity contribution in [3.63, 3.8) is 0 Å². The minimum absolute atomic E-state index is 0.102. The van der Waals surface area contributed by atoms with Crippen LogP contribution in [0.25, 0.3) is 0 Å². The molecule has 0 fully saturated rings. The highest BCUT2D eigenvalue weighted by atomic mass is 28.4. The van der Waals surface area contributed by atoms with E-state index in [2.05, 4.69) is 102 Å². The van der Waals surface area contributed by atoms with Gasteiger partial charge in [-0.3, -0.25) is 0 Å². The highest BCUT2D eigenvalue weighted by Crippen LogP contribution is 2.39. The van der Waals surface area contributed by atoms with Crippen LogP contribution in [0.1, 0.15) is 47.1 Å². The van der Waals surface area contributed by atoms with Gasteiger partial charge in [0.05, 0.1) is 0 Å². The third-order valence-corrected chi connectivity index (χ3v) is 10.4. The van der Waals surface area contributed by atoms with Gasteiger partial charge in [-0.15, -0.1) is 0 Å². The van der Waals surface area contributed by atoms with Crippen molar-refractivity contribution in [2.75, 3.05) is 0 Å². The van der Waals surface area contributed by atoms with Crippen LogP contribution >= 0.6 is 0 Å². The Balaban J connectivity index is 2.25. The average Bonchev–Trinajstić information content (AvgIpc) is 2.67. The fraction of sp³-hybridized carbons (Fsp3) is 0.308. The first-order valence-corrected chi connectivity index (χ1v) is 12.1. The Labute approximate surface area is 176 Å². The Morgan fingerprint density at radius 2 is 1.17 bits per heavy atom. The van der Waals surface area contributed by atoms with Crippen LogP contribution in [0, 0.1) is 0 Å². The summed E-state index contributed by atoms with van der Waals surface area (Å²) in [4.78, 5) is 0. The summed E-state index contributed by atoms with van der Waals surface area (Å²) in [5.74, 6) is 1.12. The molecule has 1 N–H and O–H groups in total. The number of rotatable bonds is 4. The van der Waals surface area contributed by atoms with E-state index in [-0.39, 0.29) is 10.5 Å². The zero-order valence-electron chi connectivity index (χ0n) is 18.4. The van der Waals surface area contributed by atoms with Gasteiger partial charge in [0.25, 0.3) is 0 Å². The largest absolute Gasteiger partial charge is 0.534 e. The van der Waals surface area contributed by atoms with Gasteiger partial charge in [-0.1, -0.05) is 102 Å². The van der Waals surface area contributed by atoms with Crippen molar-refractivity contribution < 1.29 is 9.53 Å². The lowest BCUT2D eigenvalue weighted by Gasteiger charge is -2.43. The van der Waals surface area contributed by atoms with Crippen molar-refractivity contribution in [3.05, 3.63) is 84.4 Å². The number of phenols is 1. The molecule has 0 heterocycles. The highest BCUT2D eigenvalue weighted by molar-refractivity contribution is 7.00. The van der Waals surface area contributed by atoms with Gasteiger partial charge in [-0.25, -0.2) is 0 Å². The first-order chi connectivity index (χ1) is 13.6. The number of phenolic OH excluding ortho intramolecular Hbond substituents is 1. The standard InChI is InChI=1S/C26H32O2Si/c1-25(2,3)23-19-20(17-18-24(23)27)28-29(26(4,5)6,21-13-9-7-10-14-21)22-15-11-8-12-16-22/h7-19,27H,1-6H3. The maximum atomic E-state index is 10.4. The van der Waals surface area contributed by atoms with E-state index in [1.54, 1.807) is 6.07 Å². The Hall–Kier alpha value is -2.52. The summed E-state index contributed by atoms with van der Waals surface area (Å²) in [6, 6.07) is 26.9. The molecule has 0 amide bonds. The number of benzene rings is 3. The summed E-state index contributed by atoms with van der Waals surface area (Å²) in [7, 11) is -2.67. The van der Waals surface area contributed by atoms with E-state index in [9.17, 15) is 5.11 Å². The van der Waals surface area contributed by atoms with Crippen molar-refractivity contribution in [1.82, 2.24) is 0 Å². The molecule has 0 aromatic heterocycles. The molecule has 0 aliphatic rings. The van der Waals surface area contributed by atoms with Crippen molar-refractivity contribution in [3.8, 4) is 11.5 Å². The normalized spacial score (nSPS) is 12.6. The van der Waals surface area contributed by atoms with Crippen molar-refractivity contribution in [2.45, 2.75) is 52.0 Å². The molecule has 0 aliphatic heterocycles. The van der Waals surface area contributed by atoms with Crippen LogP contribution in [0.2, 0.25) is 5.04 Å². The van der Waals surface area contributed by atoms with Crippen molar-refractivity contribution >= 4 is 18.7 Å². The number of hydrogen-bond acceptors (Lipinski definition) is 2. The molecule has 3 heteroatoms. The molecule has 0 aliphatic carbocycles. The Morgan fingerprint density at radius 1 is 0.690 bits per heavy atom. The molecule has 152 valence electrons. The van der Waals surface area contributed by atoms with Crippen LogP contribution < -0.4 is 14.8 Å². The second-order valence-electron chi connectivity index (χ2n) is 9.69. The first-order valence-electron chi connectivity index (χ1n) is 10.2. The van der Waals surface area contributed by atoms with E-state index in [1.165, 1.54) is 10.4 Å². The van der Waals surface area contributed by atoms with Crippen LogP contribution in [0.3, 0.4) is 0 Å². The van der Waals surface area contributed by atoms with Gasteiger partial charge in [0, 0.05) is 5.56 Å². The van der Waals surface area contributed by atoms with Crippen LogP contribution in [0.5, 0.6) is 11.5 Å². The van der Waals surface area contributed by atoms with Crippen LogP contribution in [0.4, 0.5) is 0 Å². The summed E-state index contributed by atoms with van der Waals surface area (Å²) < 4.78 is 7.06. The average molecular weight is 405 g/mol. The fourth-order valence-electron chi connectivity index (χ4n) is 4.01. The molecule has 0 saturated heterocycles. The molecule has 0 atom stereocenters. The van der Waals surface area contributed by atoms with Gasteiger partial charge >= 0.3 is 8.32 Å². The van der Waals surface area contributed by atoms with E-state index in [4.69, 9.17) is 4.43 Å². The lowest BCUT2D eigenvalue weighted by molar-refractivity contribution is 0.442. The van der Waals surface area contributed by atoms with Gasteiger partial charge in [0.1, 0.15) is 11.5 Å². The molecule has 0 radical (unpaired) electrons. The van der Waals surface area contributed by atoms with Crippen LogP contribution in [-0.4, -0.2) is 13.4 Å². The molecule has 3 aromatic rings. The van der Waals surface area contributed by atoms with Crippen molar-refractivity contribution in [1.29, 1.82) is 0 Å². The van der Waals surface area contributed by atoms with Gasteiger partial charge < -0.3 is 9.53 Å². The van der Waals surface area contributed by atoms with Gasteiger partial charge in [0.2, 0.25) is 0 Å². The predicted molar refractivity (Wildman–Crippen MR) is 125 cm³/mol. The quantitative estimate of drug-likeness (QED) is 0.571. The summed E-state index contributed by atoms with van der Waals surface area (Å²) in [6.45, 7) is 13.1. The molecular weight excluding hydrogens is 372 g/mol. The molecular formula is C26H32O2Si. The SMILES string of the molecule is CC(C)(C)c1cc(O[Si](c2ccccc2)(c2ccccc2)C(C)(C)C)ccc1O. The van der Waals surface area contributed by atoms with Crippen molar-refractivity contribution in [2.24, 2.45) is 0 Å². The minimum atomic E-state index is -2.67. The van der Waals surface area contributed by atoms with Crippen LogP contribution in [-0.2, 0) is 5.41 Å². The maximum absolute atomic E-state index is 10.4. The topological polar surface area (TPSA) is 29.5 Å². The molecule has 0 bridgehead atoms. The Bertz CT molecular complexity index is 912. The fourth-order valence-corrected chi connectivity index (χ4v) is 8.42. The summed E-state index contributed by atoms with van der Waals surface area (Å²) >= 11 is 0. The van der Waals surface area contributed by atoms with Gasteiger partial charge in [0.15, 0.2) is 0 Å². The second-order valence-corrected chi connectivity index (χ2v) is 13.9. The first kappa shape index (κ1) is 21.2. The van der Waals surface area contributed by atoms with Gasteiger partial charge in [-0.05, 0) is 39.0 Å². The molecule has 0 unspecified atom stereocenters. The molecule has 0 spiro atoms. The Kier molecular flexibility index (Phi) is 5.64. The summed E-state index contributed by atoms with van der Waals surface area (Å²) in [5.41, 5.74) is 0.725. The number of hydrogen-bond donors (Lipinski definition) is 1. The van der Waals surface area contributed by atoms with E-state index in [0.717, 1.165) is 11.3 Å². The lowest BCUT2D eigenvalue weighted by Crippen LogP contribution is -2.68. The van der Waals surface area contributed by atoms with Crippen LogP contribution in [0.15, 0.2) is 78.9 Å². The molecule has 3 aromatic carbocycles. The highest BCUT2D eigenvalue weighted by Gasteiger charge is 2.52.